The van der Waals surface area contributed by atoms with Crippen molar-refractivity contribution in [2.45, 2.75) is 45.6 Å². The molecule has 1 aliphatic rings. The Kier molecular flexibility index (Phi) is 7.90. The Morgan fingerprint density at radius 2 is 1.80 bits per heavy atom. The van der Waals surface area contributed by atoms with Gasteiger partial charge in [-0.2, -0.15) is 0 Å². The number of amides is 2. The first-order valence-corrected chi connectivity index (χ1v) is 8.79. The minimum Gasteiger partial charge on any atom is -0.339 e. The van der Waals surface area contributed by atoms with E-state index >= 15 is 0 Å². The van der Waals surface area contributed by atoms with Crippen molar-refractivity contribution in [2.24, 2.45) is 5.73 Å². The fourth-order valence-electron chi connectivity index (χ4n) is 3.27. The highest BCUT2D eigenvalue weighted by molar-refractivity contribution is 5.94. The lowest BCUT2D eigenvalue weighted by molar-refractivity contribution is -0.136. The Morgan fingerprint density at radius 3 is 2.44 bits per heavy atom. The van der Waals surface area contributed by atoms with Crippen LogP contribution >= 0.6 is 12.4 Å². The van der Waals surface area contributed by atoms with E-state index in [1.165, 1.54) is 0 Å². The zero-order valence-corrected chi connectivity index (χ0v) is 16.3. The van der Waals surface area contributed by atoms with Gasteiger partial charge >= 0.3 is 0 Å². The number of benzene rings is 1. The van der Waals surface area contributed by atoms with Gasteiger partial charge in [-0.05, 0) is 38.8 Å². The fraction of sp³-hybridized carbons (Fsp3) is 0.579. The van der Waals surface area contributed by atoms with Crippen molar-refractivity contribution < 1.29 is 9.59 Å². The summed E-state index contributed by atoms with van der Waals surface area (Å²) >= 11 is 0. The smallest absolute Gasteiger partial charge is 0.253 e. The average molecular weight is 368 g/mol. The molecule has 1 aromatic rings. The topological polar surface area (TPSA) is 66.6 Å². The highest BCUT2D eigenvalue weighted by Gasteiger charge is 2.33. The van der Waals surface area contributed by atoms with E-state index in [0.29, 0.717) is 38.2 Å². The molecule has 2 amide bonds. The molecule has 1 atom stereocenters. The molecule has 1 aromatic carbocycles. The van der Waals surface area contributed by atoms with Crippen LogP contribution in [0.4, 0.5) is 0 Å². The van der Waals surface area contributed by atoms with Gasteiger partial charge in [-0.1, -0.05) is 31.0 Å². The Labute approximate surface area is 157 Å². The van der Waals surface area contributed by atoms with Gasteiger partial charge in [-0.25, -0.2) is 0 Å². The SMILES string of the molecule is CCCC(C)(N)C(=O)N1CCCN(C(=O)c2cccc(C)c2)CC1.Cl. The number of hydrogen-bond donors (Lipinski definition) is 1. The number of nitrogens with zero attached hydrogens (tertiary/aromatic N) is 2. The van der Waals surface area contributed by atoms with E-state index < -0.39 is 5.54 Å². The lowest BCUT2D eigenvalue weighted by Gasteiger charge is -2.31. The first-order valence-electron chi connectivity index (χ1n) is 8.79. The van der Waals surface area contributed by atoms with Crippen molar-refractivity contribution in [1.82, 2.24) is 9.80 Å². The van der Waals surface area contributed by atoms with Crippen molar-refractivity contribution in [3.8, 4) is 0 Å². The molecule has 1 heterocycles. The van der Waals surface area contributed by atoms with Crippen LogP contribution in [0.5, 0.6) is 0 Å². The summed E-state index contributed by atoms with van der Waals surface area (Å²) in [5.41, 5.74) is 7.16. The van der Waals surface area contributed by atoms with E-state index in [1.54, 1.807) is 6.92 Å². The van der Waals surface area contributed by atoms with Gasteiger partial charge < -0.3 is 15.5 Å². The summed E-state index contributed by atoms with van der Waals surface area (Å²) in [6.45, 7) is 8.25. The number of hydrogen-bond acceptors (Lipinski definition) is 3. The molecule has 1 aliphatic heterocycles. The minimum absolute atomic E-state index is 0. The molecule has 2 N–H and O–H groups in total. The van der Waals surface area contributed by atoms with E-state index in [9.17, 15) is 9.59 Å². The standard InChI is InChI=1S/C19H29N3O2.ClH/c1-4-9-19(3,20)18(24)22-11-6-10-21(12-13-22)17(23)16-8-5-7-15(2)14-16;/h5,7-8,14H,4,6,9-13,20H2,1-3H3;1H. The number of carbonyl (C=O) groups excluding carboxylic acids is 2. The summed E-state index contributed by atoms with van der Waals surface area (Å²) in [6.07, 6.45) is 2.34. The van der Waals surface area contributed by atoms with Crippen molar-refractivity contribution in [3.63, 3.8) is 0 Å². The van der Waals surface area contributed by atoms with Crippen LogP contribution in [0.1, 0.15) is 49.0 Å². The monoisotopic (exact) mass is 367 g/mol. The van der Waals surface area contributed by atoms with E-state index in [1.807, 2.05) is 47.9 Å². The number of halogens is 1. The zero-order chi connectivity index (χ0) is 17.7. The van der Waals surface area contributed by atoms with E-state index in [0.717, 1.165) is 18.4 Å². The second-order valence-corrected chi connectivity index (χ2v) is 6.97. The predicted molar refractivity (Wildman–Crippen MR) is 103 cm³/mol. The third kappa shape index (κ3) is 5.44. The van der Waals surface area contributed by atoms with Crippen LogP contribution in [0.15, 0.2) is 24.3 Å². The summed E-state index contributed by atoms with van der Waals surface area (Å²) in [7, 11) is 0. The van der Waals surface area contributed by atoms with Crippen molar-refractivity contribution in [2.75, 3.05) is 26.2 Å². The van der Waals surface area contributed by atoms with Gasteiger partial charge in [0, 0.05) is 31.7 Å². The first-order chi connectivity index (χ1) is 11.3. The largest absolute Gasteiger partial charge is 0.339 e. The molecular weight excluding hydrogens is 338 g/mol. The van der Waals surface area contributed by atoms with Crippen molar-refractivity contribution in [1.29, 1.82) is 0 Å². The third-order valence-electron chi connectivity index (χ3n) is 4.59. The van der Waals surface area contributed by atoms with Gasteiger partial charge in [-0.15, -0.1) is 12.4 Å². The highest BCUT2D eigenvalue weighted by Crippen LogP contribution is 2.16. The summed E-state index contributed by atoms with van der Waals surface area (Å²) in [5, 5.41) is 0. The Balaban J connectivity index is 0.00000312. The van der Waals surface area contributed by atoms with Crippen LogP contribution in [0, 0.1) is 6.92 Å². The molecule has 25 heavy (non-hydrogen) atoms. The maximum absolute atomic E-state index is 12.7. The number of carbonyl (C=O) groups is 2. The lowest BCUT2D eigenvalue weighted by Crippen LogP contribution is -2.54. The van der Waals surface area contributed by atoms with Gasteiger partial charge in [0.05, 0.1) is 5.54 Å². The molecule has 0 saturated carbocycles. The van der Waals surface area contributed by atoms with E-state index in [-0.39, 0.29) is 24.2 Å². The summed E-state index contributed by atoms with van der Waals surface area (Å²) in [4.78, 5) is 29.0. The highest BCUT2D eigenvalue weighted by atomic mass is 35.5. The number of nitrogens with two attached hydrogens (primary N) is 1. The molecule has 5 nitrogen and oxygen atoms in total. The van der Waals surface area contributed by atoms with E-state index in [4.69, 9.17) is 5.73 Å². The van der Waals surface area contributed by atoms with Crippen LogP contribution < -0.4 is 5.73 Å². The Hall–Kier alpha value is -1.59. The molecule has 6 heteroatoms. The molecule has 140 valence electrons. The van der Waals surface area contributed by atoms with Gasteiger partial charge in [0.25, 0.3) is 5.91 Å². The Morgan fingerprint density at radius 1 is 1.16 bits per heavy atom. The third-order valence-corrected chi connectivity index (χ3v) is 4.59. The minimum atomic E-state index is -0.815. The van der Waals surface area contributed by atoms with Gasteiger partial charge in [0.2, 0.25) is 5.91 Å². The maximum atomic E-state index is 12.7. The molecule has 0 spiro atoms. The molecule has 0 aromatic heterocycles. The predicted octanol–water partition coefficient (Wildman–Crippen LogP) is 2.61. The molecular formula is C19H30ClN3O2. The average Bonchev–Trinajstić information content (AvgIpc) is 2.79. The van der Waals surface area contributed by atoms with Crippen LogP contribution in [0.2, 0.25) is 0 Å². The van der Waals surface area contributed by atoms with Crippen molar-refractivity contribution in [3.05, 3.63) is 35.4 Å². The van der Waals surface area contributed by atoms with Crippen molar-refractivity contribution >= 4 is 24.2 Å². The Bertz CT molecular complexity index is 604. The van der Waals surface area contributed by atoms with Gasteiger partial charge in [-0.3, -0.25) is 9.59 Å². The second kappa shape index (κ2) is 9.20. The molecule has 1 saturated heterocycles. The molecule has 2 rings (SSSR count). The molecule has 0 aliphatic carbocycles. The van der Waals surface area contributed by atoms with Gasteiger partial charge in [0.15, 0.2) is 0 Å². The van der Waals surface area contributed by atoms with Crippen LogP contribution in [0.25, 0.3) is 0 Å². The normalized spacial score (nSPS) is 17.3. The summed E-state index contributed by atoms with van der Waals surface area (Å²) in [6, 6.07) is 7.64. The summed E-state index contributed by atoms with van der Waals surface area (Å²) in [5.74, 6) is 0.0336. The zero-order valence-electron chi connectivity index (χ0n) is 15.5. The maximum Gasteiger partial charge on any atom is 0.253 e. The fourth-order valence-corrected chi connectivity index (χ4v) is 3.27. The quantitative estimate of drug-likeness (QED) is 0.889. The summed E-state index contributed by atoms with van der Waals surface area (Å²) < 4.78 is 0. The van der Waals surface area contributed by atoms with Gasteiger partial charge in [0.1, 0.15) is 0 Å². The molecule has 1 fully saturated rings. The molecule has 0 radical (unpaired) electrons. The molecule has 1 unspecified atom stereocenters. The first kappa shape index (κ1) is 21.5. The van der Waals surface area contributed by atoms with E-state index in [2.05, 4.69) is 0 Å². The van der Waals surface area contributed by atoms with Crippen LogP contribution in [-0.4, -0.2) is 53.3 Å². The van der Waals surface area contributed by atoms with Crippen LogP contribution in [0.3, 0.4) is 0 Å². The number of aryl methyl sites for hydroxylation is 1. The number of rotatable bonds is 4. The van der Waals surface area contributed by atoms with Crippen LogP contribution in [-0.2, 0) is 4.79 Å². The molecule has 0 bridgehead atoms. The second-order valence-electron chi connectivity index (χ2n) is 6.97. The lowest BCUT2D eigenvalue weighted by atomic mass is 9.95.